The van der Waals surface area contributed by atoms with Crippen LogP contribution in [0.15, 0.2) is 0 Å². The quantitative estimate of drug-likeness (QED) is 0.367. The minimum atomic E-state index is 1.05. The first-order chi connectivity index (χ1) is 8.93. The molecule has 0 aromatic heterocycles. The molecular formula is C17H34P. The minimum absolute atomic E-state index is 1.05. The predicted octanol–water partition coefficient (Wildman–Crippen LogP) is 6.80. The zero-order chi connectivity index (χ0) is 12.9. The van der Waals surface area contributed by atoms with Crippen LogP contribution >= 0.6 is 8.58 Å². The third-order valence-corrected chi connectivity index (χ3v) is 5.83. The minimum Gasteiger partial charge on any atom is -0.0775 e. The van der Waals surface area contributed by atoms with Gasteiger partial charge in [-0.2, -0.15) is 0 Å². The van der Waals surface area contributed by atoms with Gasteiger partial charge < -0.3 is 0 Å². The lowest BCUT2D eigenvalue weighted by atomic mass is 10.1. The van der Waals surface area contributed by atoms with E-state index in [0.717, 1.165) is 5.66 Å². The van der Waals surface area contributed by atoms with Crippen molar-refractivity contribution in [3.05, 3.63) is 0 Å². The Kier molecular flexibility index (Phi) is 11.4. The fraction of sp³-hybridized carbons (Fsp3) is 1.00. The van der Waals surface area contributed by atoms with Crippen LogP contribution in [0.4, 0.5) is 0 Å². The molecule has 1 radical (unpaired) electrons. The molecule has 0 N–H and O–H groups in total. The maximum atomic E-state index is 2.31. The standard InChI is InChI=1S/C17H34P/c1-2-3-4-13-16-18-17-14-11-9-7-5-6-8-10-12-15-17/h17H,2-16H2,1H3. The van der Waals surface area contributed by atoms with Crippen molar-refractivity contribution in [1.29, 1.82) is 0 Å². The van der Waals surface area contributed by atoms with Crippen molar-refractivity contribution in [3.63, 3.8) is 0 Å². The van der Waals surface area contributed by atoms with E-state index < -0.39 is 0 Å². The van der Waals surface area contributed by atoms with E-state index in [1.165, 1.54) is 96.1 Å². The van der Waals surface area contributed by atoms with E-state index in [1.54, 1.807) is 8.58 Å². The first-order valence-corrected chi connectivity index (χ1v) is 9.75. The maximum Gasteiger partial charge on any atom is -0.0170 e. The van der Waals surface area contributed by atoms with Gasteiger partial charge in [0.05, 0.1) is 0 Å². The molecule has 1 fully saturated rings. The molecule has 0 bridgehead atoms. The second-order valence-corrected chi connectivity index (χ2v) is 7.57. The molecular weight excluding hydrogens is 235 g/mol. The van der Waals surface area contributed by atoms with E-state index in [4.69, 9.17) is 0 Å². The summed E-state index contributed by atoms with van der Waals surface area (Å²) >= 11 is 0. The highest BCUT2D eigenvalue weighted by Gasteiger charge is 2.09. The van der Waals surface area contributed by atoms with Crippen molar-refractivity contribution in [3.8, 4) is 0 Å². The highest BCUT2D eigenvalue weighted by Crippen LogP contribution is 2.31. The van der Waals surface area contributed by atoms with E-state index in [0.29, 0.717) is 0 Å². The summed E-state index contributed by atoms with van der Waals surface area (Å²) in [5, 5.41) is 0. The predicted molar refractivity (Wildman–Crippen MR) is 85.9 cm³/mol. The summed E-state index contributed by atoms with van der Waals surface area (Å²) in [5.74, 6) is 0. The van der Waals surface area contributed by atoms with Gasteiger partial charge in [-0.15, -0.1) is 0 Å². The molecule has 0 aromatic carbocycles. The topological polar surface area (TPSA) is 0 Å². The van der Waals surface area contributed by atoms with Gasteiger partial charge in [0.2, 0.25) is 0 Å². The Labute approximate surface area is 117 Å². The highest BCUT2D eigenvalue weighted by atomic mass is 31.1. The number of hydrogen-bond acceptors (Lipinski definition) is 0. The zero-order valence-corrected chi connectivity index (χ0v) is 13.5. The number of rotatable bonds is 6. The number of unbranched alkanes of at least 4 members (excludes halogenated alkanes) is 3. The maximum absolute atomic E-state index is 2.31. The lowest BCUT2D eigenvalue weighted by Crippen LogP contribution is -2.02. The van der Waals surface area contributed by atoms with Crippen LogP contribution in [0.2, 0.25) is 0 Å². The smallest absolute Gasteiger partial charge is 0.0170 e. The Morgan fingerprint density at radius 2 is 1.28 bits per heavy atom. The second-order valence-electron chi connectivity index (χ2n) is 6.03. The van der Waals surface area contributed by atoms with Gasteiger partial charge in [-0.3, -0.25) is 0 Å². The third-order valence-electron chi connectivity index (χ3n) is 4.22. The Morgan fingerprint density at radius 3 is 1.83 bits per heavy atom. The molecule has 1 rings (SSSR count). The fourth-order valence-electron chi connectivity index (χ4n) is 2.96. The molecule has 1 aliphatic carbocycles. The summed E-state index contributed by atoms with van der Waals surface area (Å²) < 4.78 is 0. The van der Waals surface area contributed by atoms with E-state index in [1.807, 2.05) is 0 Å². The van der Waals surface area contributed by atoms with Crippen LogP contribution in [-0.2, 0) is 0 Å². The van der Waals surface area contributed by atoms with Crippen LogP contribution in [0, 0.1) is 0 Å². The lowest BCUT2D eigenvalue weighted by molar-refractivity contribution is 0.585. The molecule has 0 atom stereocenters. The number of hydrogen-bond donors (Lipinski definition) is 0. The van der Waals surface area contributed by atoms with Crippen LogP contribution in [0.3, 0.4) is 0 Å². The molecule has 1 heteroatoms. The van der Waals surface area contributed by atoms with Crippen LogP contribution in [0.25, 0.3) is 0 Å². The van der Waals surface area contributed by atoms with Crippen molar-refractivity contribution in [2.75, 3.05) is 6.16 Å². The average Bonchev–Trinajstić information content (AvgIpc) is 2.44. The molecule has 0 unspecified atom stereocenters. The van der Waals surface area contributed by atoms with Gasteiger partial charge in [0, 0.05) is 0 Å². The van der Waals surface area contributed by atoms with Gasteiger partial charge in [-0.05, 0) is 31.1 Å². The molecule has 0 heterocycles. The van der Waals surface area contributed by atoms with Gasteiger partial charge in [0.25, 0.3) is 0 Å². The normalized spacial score (nSPS) is 21.2. The van der Waals surface area contributed by atoms with Crippen molar-refractivity contribution >= 4 is 8.58 Å². The Balaban J connectivity index is 2.10. The van der Waals surface area contributed by atoms with Crippen molar-refractivity contribution in [2.24, 2.45) is 0 Å². The molecule has 0 aromatic rings. The van der Waals surface area contributed by atoms with Crippen LogP contribution < -0.4 is 0 Å². The van der Waals surface area contributed by atoms with Gasteiger partial charge in [-0.1, -0.05) is 86.1 Å². The van der Waals surface area contributed by atoms with Gasteiger partial charge >= 0.3 is 0 Å². The summed E-state index contributed by atoms with van der Waals surface area (Å²) in [6, 6.07) is 0. The Morgan fingerprint density at radius 1 is 0.722 bits per heavy atom. The SMILES string of the molecule is CCCCCC[P]C1CCCCCCCCCC1. The van der Waals surface area contributed by atoms with E-state index >= 15 is 0 Å². The molecule has 0 saturated heterocycles. The molecule has 0 nitrogen and oxygen atoms in total. The van der Waals surface area contributed by atoms with Crippen LogP contribution in [-0.4, -0.2) is 11.8 Å². The molecule has 0 spiro atoms. The molecule has 1 aliphatic rings. The molecule has 0 aliphatic heterocycles. The average molecular weight is 269 g/mol. The van der Waals surface area contributed by atoms with Crippen molar-refractivity contribution in [2.45, 2.75) is 102 Å². The van der Waals surface area contributed by atoms with E-state index in [-0.39, 0.29) is 0 Å². The van der Waals surface area contributed by atoms with Gasteiger partial charge in [0.15, 0.2) is 0 Å². The summed E-state index contributed by atoms with van der Waals surface area (Å²) in [4.78, 5) is 0. The summed E-state index contributed by atoms with van der Waals surface area (Å²) in [6.45, 7) is 2.31. The highest BCUT2D eigenvalue weighted by molar-refractivity contribution is 7.38. The fourth-order valence-corrected chi connectivity index (χ4v) is 4.46. The summed E-state index contributed by atoms with van der Waals surface area (Å²) in [7, 11) is 1.79. The summed E-state index contributed by atoms with van der Waals surface area (Å²) in [5.41, 5.74) is 1.05. The van der Waals surface area contributed by atoms with Gasteiger partial charge in [-0.25, -0.2) is 0 Å². The molecule has 0 amide bonds. The van der Waals surface area contributed by atoms with Crippen molar-refractivity contribution < 1.29 is 0 Å². The van der Waals surface area contributed by atoms with Crippen LogP contribution in [0.1, 0.15) is 96.8 Å². The second kappa shape index (κ2) is 12.5. The first-order valence-electron chi connectivity index (χ1n) is 8.60. The molecule has 107 valence electrons. The van der Waals surface area contributed by atoms with Crippen LogP contribution in [0.5, 0.6) is 0 Å². The third kappa shape index (κ3) is 9.37. The Bertz CT molecular complexity index is 155. The first kappa shape index (κ1) is 16.5. The Hall–Kier alpha value is 0.430. The van der Waals surface area contributed by atoms with E-state index in [9.17, 15) is 0 Å². The monoisotopic (exact) mass is 269 g/mol. The van der Waals surface area contributed by atoms with E-state index in [2.05, 4.69) is 6.92 Å². The molecule has 18 heavy (non-hydrogen) atoms. The molecule has 1 saturated carbocycles. The van der Waals surface area contributed by atoms with Crippen molar-refractivity contribution in [1.82, 2.24) is 0 Å². The lowest BCUT2D eigenvalue weighted by Gasteiger charge is -2.15. The largest absolute Gasteiger partial charge is 0.0775 e. The summed E-state index contributed by atoms with van der Waals surface area (Å²) in [6.07, 6.45) is 22.3. The zero-order valence-electron chi connectivity index (χ0n) is 12.6. The van der Waals surface area contributed by atoms with Gasteiger partial charge in [0.1, 0.15) is 0 Å².